The van der Waals surface area contributed by atoms with E-state index in [2.05, 4.69) is 15.5 Å². The second kappa shape index (κ2) is 7.45. The highest BCUT2D eigenvalue weighted by molar-refractivity contribution is 5.93. The second-order valence-electron chi connectivity index (χ2n) is 5.56. The Labute approximate surface area is 152 Å². The highest BCUT2D eigenvalue weighted by Crippen LogP contribution is 2.33. The fourth-order valence-electron chi connectivity index (χ4n) is 2.45. The summed E-state index contributed by atoms with van der Waals surface area (Å²) in [6.45, 7) is 0. The molecule has 0 bridgehead atoms. The van der Waals surface area contributed by atoms with Crippen LogP contribution in [0.5, 0.6) is 0 Å². The van der Waals surface area contributed by atoms with Crippen LogP contribution in [-0.2, 0) is 10.9 Å². The zero-order valence-electron chi connectivity index (χ0n) is 14.1. The first-order valence-corrected chi connectivity index (χ1v) is 7.83. The number of hydrogen-bond acceptors (Lipinski definition) is 5. The highest BCUT2D eigenvalue weighted by Gasteiger charge is 2.29. The summed E-state index contributed by atoms with van der Waals surface area (Å²) in [6, 6.07) is 12.8. The van der Waals surface area contributed by atoms with Gasteiger partial charge in [0.2, 0.25) is 0 Å². The summed E-state index contributed by atoms with van der Waals surface area (Å²) >= 11 is 0. The second-order valence-corrected chi connectivity index (χ2v) is 5.56. The minimum atomic E-state index is -4.40. The SMILES string of the molecule is COC(=O)c1ccc(Nc2ccc(C(F)(F)F)cc2)c(-c2cccnn2)c1. The molecule has 3 rings (SSSR count). The molecule has 0 unspecified atom stereocenters. The molecule has 0 fully saturated rings. The Morgan fingerprint density at radius 2 is 1.81 bits per heavy atom. The summed E-state index contributed by atoms with van der Waals surface area (Å²) in [7, 11) is 1.28. The Bertz CT molecular complexity index is 943. The van der Waals surface area contributed by atoms with Crippen molar-refractivity contribution in [2.75, 3.05) is 12.4 Å². The molecule has 8 heteroatoms. The first-order chi connectivity index (χ1) is 12.9. The summed E-state index contributed by atoms with van der Waals surface area (Å²) in [5, 5.41) is 10.9. The maximum Gasteiger partial charge on any atom is 0.416 e. The molecule has 0 saturated carbocycles. The third kappa shape index (κ3) is 4.22. The number of carbonyl (C=O) groups excluding carboxylic acids is 1. The van der Waals surface area contributed by atoms with Crippen LogP contribution in [0.1, 0.15) is 15.9 Å². The lowest BCUT2D eigenvalue weighted by Gasteiger charge is -2.14. The number of esters is 1. The molecule has 0 aliphatic rings. The molecule has 0 aliphatic carbocycles. The van der Waals surface area contributed by atoms with Crippen LogP contribution in [-0.4, -0.2) is 23.3 Å². The molecule has 0 saturated heterocycles. The number of alkyl halides is 3. The van der Waals surface area contributed by atoms with Crippen molar-refractivity contribution in [2.24, 2.45) is 0 Å². The normalized spacial score (nSPS) is 11.1. The van der Waals surface area contributed by atoms with Gasteiger partial charge in [-0.3, -0.25) is 0 Å². The fourth-order valence-corrected chi connectivity index (χ4v) is 2.45. The lowest BCUT2D eigenvalue weighted by atomic mass is 10.0. The maximum absolute atomic E-state index is 12.7. The Hall–Kier alpha value is -3.42. The Morgan fingerprint density at radius 3 is 2.41 bits per heavy atom. The van der Waals surface area contributed by atoms with Gasteiger partial charge in [-0.2, -0.15) is 23.4 Å². The van der Waals surface area contributed by atoms with E-state index >= 15 is 0 Å². The third-order valence-corrected chi connectivity index (χ3v) is 3.78. The number of nitrogens with one attached hydrogen (secondary N) is 1. The molecule has 0 aliphatic heterocycles. The molecule has 5 nitrogen and oxygen atoms in total. The van der Waals surface area contributed by atoms with Gasteiger partial charge in [0.15, 0.2) is 0 Å². The Morgan fingerprint density at radius 1 is 1.07 bits per heavy atom. The van der Waals surface area contributed by atoms with Crippen molar-refractivity contribution in [3.05, 3.63) is 71.9 Å². The first-order valence-electron chi connectivity index (χ1n) is 7.83. The monoisotopic (exact) mass is 373 g/mol. The molecule has 1 aromatic heterocycles. The molecule has 0 amide bonds. The van der Waals surface area contributed by atoms with E-state index < -0.39 is 17.7 Å². The molecule has 2 aromatic carbocycles. The van der Waals surface area contributed by atoms with E-state index in [0.717, 1.165) is 12.1 Å². The topological polar surface area (TPSA) is 64.1 Å². The standard InChI is InChI=1S/C19H14F3N3O2/c1-27-18(26)12-4-9-16(15(11-12)17-3-2-10-23-25-17)24-14-7-5-13(6-8-14)19(20,21)22/h2-11,24H,1H3. The predicted octanol–water partition coefficient (Wildman–Crippen LogP) is 4.69. The van der Waals surface area contributed by atoms with Crippen LogP contribution in [0.15, 0.2) is 60.8 Å². The summed E-state index contributed by atoms with van der Waals surface area (Å²) in [5.74, 6) is -0.513. The van der Waals surface area contributed by atoms with Gasteiger partial charge in [0, 0.05) is 23.1 Å². The smallest absolute Gasteiger partial charge is 0.416 e. The molecule has 0 radical (unpaired) electrons. The van der Waals surface area contributed by atoms with Crippen LogP contribution >= 0.6 is 0 Å². The fraction of sp³-hybridized carbons (Fsp3) is 0.105. The van der Waals surface area contributed by atoms with Gasteiger partial charge < -0.3 is 10.1 Å². The lowest BCUT2D eigenvalue weighted by Crippen LogP contribution is -2.05. The minimum absolute atomic E-state index is 0.316. The number of aromatic nitrogens is 2. The zero-order valence-corrected chi connectivity index (χ0v) is 14.1. The minimum Gasteiger partial charge on any atom is -0.465 e. The van der Waals surface area contributed by atoms with Crippen LogP contribution in [0.2, 0.25) is 0 Å². The Balaban J connectivity index is 1.98. The average Bonchev–Trinajstić information content (AvgIpc) is 2.68. The molecule has 0 atom stereocenters. The summed E-state index contributed by atoms with van der Waals surface area (Å²) in [5.41, 5.74) is 1.66. The molecular weight excluding hydrogens is 359 g/mol. The molecule has 27 heavy (non-hydrogen) atoms. The van der Waals surface area contributed by atoms with Gasteiger partial charge in [-0.1, -0.05) is 0 Å². The molecule has 0 spiro atoms. The van der Waals surface area contributed by atoms with E-state index in [0.29, 0.717) is 28.2 Å². The zero-order chi connectivity index (χ0) is 19.4. The van der Waals surface area contributed by atoms with Crippen LogP contribution in [0.25, 0.3) is 11.3 Å². The number of halogens is 3. The summed E-state index contributed by atoms with van der Waals surface area (Å²) in [6.07, 6.45) is -2.89. The van der Waals surface area contributed by atoms with Crippen LogP contribution in [0, 0.1) is 0 Å². The summed E-state index contributed by atoms with van der Waals surface area (Å²) < 4.78 is 42.8. The van der Waals surface area contributed by atoms with Crippen molar-refractivity contribution in [2.45, 2.75) is 6.18 Å². The molecule has 1 N–H and O–H groups in total. The van der Waals surface area contributed by atoms with Gasteiger partial charge in [0.05, 0.1) is 23.9 Å². The highest BCUT2D eigenvalue weighted by atomic mass is 19.4. The number of benzene rings is 2. The Kier molecular flexibility index (Phi) is 5.07. The number of anilines is 2. The van der Waals surface area contributed by atoms with E-state index in [1.807, 2.05) is 0 Å². The van der Waals surface area contributed by atoms with E-state index in [1.165, 1.54) is 25.4 Å². The number of hydrogen-bond donors (Lipinski definition) is 1. The number of methoxy groups -OCH3 is 1. The van der Waals surface area contributed by atoms with Crippen molar-refractivity contribution >= 4 is 17.3 Å². The van der Waals surface area contributed by atoms with Crippen LogP contribution < -0.4 is 5.32 Å². The third-order valence-electron chi connectivity index (χ3n) is 3.78. The van der Waals surface area contributed by atoms with E-state index in [1.54, 1.807) is 30.3 Å². The van der Waals surface area contributed by atoms with E-state index in [9.17, 15) is 18.0 Å². The molecule has 1 heterocycles. The van der Waals surface area contributed by atoms with Crippen molar-refractivity contribution in [3.63, 3.8) is 0 Å². The van der Waals surface area contributed by atoms with Crippen molar-refractivity contribution < 1.29 is 22.7 Å². The number of rotatable bonds is 4. The molecule has 138 valence electrons. The first kappa shape index (κ1) is 18.4. The molecular formula is C19H14F3N3O2. The van der Waals surface area contributed by atoms with Gasteiger partial charge in [0.25, 0.3) is 0 Å². The van der Waals surface area contributed by atoms with Crippen molar-refractivity contribution in [1.29, 1.82) is 0 Å². The quantitative estimate of drug-likeness (QED) is 0.672. The van der Waals surface area contributed by atoms with E-state index in [-0.39, 0.29) is 0 Å². The van der Waals surface area contributed by atoms with Gasteiger partial charge in [0.1, 0.15) is 0 Å². The summed E-state index contributed by atoms with van der Waals surface area (Å²) in [4.78, 5) is 11.8. The average molecular weight is 373 g/mol. The number of ether oxygens (including phenoxy) is 1. The number of carbonyl (C=O) groups is 1. The van der Waals surface area contributed by atoms with Crippen LogP contribution in [0.4, 0.5) is 24.5 Å². The van der Waals surface area contributed by atoms with Crippen molar-refractivity contribution in [3.8, 4) is 11.3 Å². The van der Waals surface area contributed by atoms with Crippen molar-refractivity contribution in [1.82, 2.24) is 10.2 Å². The van der Waals surface area contributed by atoms with E-state index in [4.69, 9.17) is 4.74 Å². The van der Waals surface area contributed by atoms with Gasteiger partial charge in [-0.05, 0) is 54.6 Å². The van der Waals surface area contributed by atoms with Gasteiger partial charge in [-0.25, -0.2) is 4.79 Å². The van der Waals surface area contributed by atoms with Gasteiger partial charge in [-0.15, -0.1) is 0 Å². The number of nitrogens with zero attached hydrogens (tertiary/aromatic N) is 2. The van der Waals surface area contributed by atoms with Crippen LogP contribution in [0.3, 0.4) is 0 Å². The van der Waals surface area contributed by atoms with Gasteiger partial charge >= 0.3 is 12.1 Å². The largest absolute Gasteiger partial charge is 0.465 e. The molecule has 3 aromatic rings. The maximum atomic E-state index is 12.7. The lowest BCUT2D eigenvalue weighted by molar-refractivity contribution is -0.137. The predicted molar refractivity (Wildman–Crippen MR) is 93.5 cm³/mol.